The Morgan fingerprint density at radius 2 is 2.07 bits per heavy atom. The zero-order valence-corrected chi connectivity index (χ0v) is 14.9. The predicted molar refractivity (Wildman–Crippen MR) is 104 cm³/mol. The highest BCUT2D eigenvalue weighted by Gasteiger charge is 2.22. The van der Waals surface area contributed by atoms with E-state index in [1.807, 2.05) is 48.5 Å². The summed E-state index contributed by atoms with van der Waals surface area (Å²) in [6.45, 7) is 1.97. The van der Waals surface area contributed by atoms with Gasteiger partial charge in [-0.1, -0.05) is 12.1 Å². The van der Waals surface area contributed by atoms with Crippen LogP contribution < -0.4 is 5.32 Å². The van der Waals surface area contributed by atoms with E-state index in [9.17, 15) is 9.90 Å². The Balaban J connectivity index is 1.45. The van der Waals surface area contributed by atoms with Crippen LogP contribution in [0, 0.1) is 5.92 Å². The topological polar surface area (TPSA) is 90.5 Å². The van der Waals surface area contributed by atoms with Crippen molar-refractivity contribution in [2.75, 3.05) is 38.2 Å². The molecule has 140 valence electrons. The number of anilines is 1. The molecule has 1 aliphatic rings. The van der Waals surface area contributed by atoms with Crippen LogP contribution in [-0.4, -0.2) is 58.9 Å². The third kappa shape index (κ3) is 3.94. The van der Waals surface area contributed by atoms with Crippen molar-refractivity contribution in [3.05, 3.63) is 48.5 Å². The van der Waals surface area contributed by atoms with Crippen LogP contribution in [0.15, 0.2) is 48.5 Å². The Morgan fingerprint density at radius 1 is 1.26 bits per heavy atom. The number of para-hydroxylation sites is 2. The summed E-state index contributed by atoms with van der Waals surface area (Å²) in [5.41, 5.74) is 3.58. The van der Waals surface area contributed by atoms with Crippen LogP contribution in [0.1, 0.15) is 0 Å². The van der Waals surface area contributed by atoms with Gasteiger partial charge in [-0.25, -0.2) is 9.78 Å². The third-order valence-corrected chi connectivity index (χ3v) is 4.68. The lowest BCUT2D eigenvalue weighted by molar-refractivity contribution is 0.0958. The second-order valence-corrected chi connectivity index (χ2v) is 6.68. The molecule has 0 saturated carbocycles. The molecule has 7 nitrogen and oxygen atoms in total. The van der Waals surface area contributed by atoms with Crippen molar-refractivity contribution < 1.29 is 14.6 Å². The van der Waals surface area contributed by atoms with Gasteiger partial charge < -0.3 is 25.0 Å². The number of H-pyrrole nitrogens is 1. The molecular formula is C20H22N4O3. The number of hydrogen-bond acceptors (Lipinski definition) is 4. The number of aliphatic hydroxyl groups is 1. The number of nitrogens with zero attached hydrogens (tertiary/aromatic N) is 2. The molecule has 1 aromatic heterocycles. The highest BCUT2D eigenvalue weighted by atomic mass is 16.5. The van der Waals surface area contributed by atoms with Crippen LogP contribution >= 0.6 is 0 Å². The van der Waals surface area contributed by atoms with E-state index in [2.05, 4.69) is 15.3 Å². The summed E-state index contributed by atoms with van der Waals surface area (Å²) in [7, 11) is 0. The van der Waals surface area contributed by atoms with Crippen molar-refractivity contribution in [2.24, 2.45) is 5.92 Å². The molecule has 0 bridgehead atoms. The van der Waals surface area contributed by atoms with Crippen LogP contribution in [0.4, 0.5) is 10.5 Å². The average molecular weight is 366 g/mol. The predicted octanol–water partition coefficient (Wildman–Crippen LogP) is 2.70. The van der Waals surface area contributed by atoms with E-state index < -0.39 is 0 Å². The average Bonchev–Trinajstić information content (AvgIpc) is 2.98. The number of aliphatic hydroxyl groups excluding tert-OH is 1. The summed E-state index contributed by atoms with van der Waals surface area (Å²) in [6, 6.07) is 15.3. The molecule has 27 heavy (non-hydrogen) atoms. The molecular weight excluding hydrogens is 344 g/mol. The van der Waals surface area contributed by atoms with Gasteiger partial charge in [-0.2, -0.15) is 0 Å². The minimum absolute atomic E-state index is 0.00990. The molecule has 0 aliphatic carbocycles. The maximum atomic E-state index is 12.5. The molecule has 0 radical (unpaired) electrons. The fraction of sp³-hybridized carbons (Fsp3) is 0.300. The summed E-state index contributed by atoms with van der Waals surface area (Å²) in [4.78, 5) is 22.1. The molecule has 0 spiro atoms. The number of nitrogens with one attached hydrogen (secondary N) is 2. The van der Waals surface area contributed by atoms with Crippen molar-refractivity contribution in [3.8, 4) is 11.4 Å². The smallest absolute Gasteiger partial charge is 0.321 e. The molecule has 1 fully saturated rings. The van der Waals surface area contributed by atoms with E-state index in [1.54, 1.807) is 4.90 Å². The molecule has 7 heteroatoms. The Hall–Kier alpha value is -2.90. The number of fused-ring (bicyclic) bond motifs is 1. The number of aromatic nitrogens is 2. The Bertz CT molecular complexity index is 889. The van der Waals surface area contributed by atoms with Gasteiger partial charge in [-0.15, -0.1) is 0 Å². The van der Waals surface area contributed by atoms with Crippen molar-refractivity contribution >= 4 is 22.8 Å². The molecule has 1 saturated heterocycles. The first-order valence-corrected chi connectivity index (χ1v) is 9.02. The number of aromatic amines is 1. The molecule has 4 rings (SSSR count). The number of carbonyl (C=O) groups excluding carboxylic acids is 1. The molecule has 1 aliphatic heterocycles. The quantitative estimate of drug-likeness (QED) is 0.665. The highest BCUT2D eigenvalue weighted by Crippen LogP contribution is 2.22. The number of ether oxygens (including phenoxy) is 1. The monoisotopic (exact) mass is 366 g/mol. The lowest BCUT2D eigenvalue weighted by Crippen LogP contribution is -2.39. The SMILES string of the molecule is O=C(Nc1ccc(-c2nc3ccccc3[nH]2)cc1)N1CCOCC(CO)C1. The van der Waals surface area contributed by atoms with Crippen LogP contribution in [0.25, 0.3) is 22.4 Å². The van der Waals surface area contributed by atoms with Gasteiger partial charge in [0.05, 0.1) is 24.2 Å². The van der Waals surface area contributed by atoms with Gasteiger partial charge in [-0.05, 0) is 36.4 Å². The molecule has 3 aromatic rings. The Labute approximate surface area is 157 Å². The second kappa shape index (κ2) is 7.77. The van der Waals surface area contributed by atoms with Gasteiger partial charge in [0.1, 0.15) is 5.82 Å². The zero-order valence-electron chi connectivity index (χ0n) is 14.9. The van der Waals surface area contributed by atoms with Crippen LogP contribution in [-0.2, 0) is 4.74 Å². The van der Waals surface area contributed by atoms with Gasteiger partial charge >= 0.3 is 6.03 Å². The number of urea groups is 1. The minimum atomic E-state index is -0.185. The molecule has 2 amide bonds. The molecule has 1 unspecified atom stereocenters. The summed E-state index contributed by atoms with van der Waals surface area (Å²) in [5.74, 6) is 0.748. The van der Waals surface area contributed by atoms with E-state index in [-0.39, 0.29) is 18.6 Å². The highest BCUT2D eigenvalue weighted by molar-refractivity contribution is 5.89. The number of carbonyl (C=O) groups is 1. The van der Waals surface area contributed by atoms with Gasteiger partial charge in [-0.3, -0.25) is 0 Å². The van der Waals surface area contributed by atoms with Gasteiger partial charge in [0.25, 0.3) is 0 Å². The lowest BCUT2D eigenvalue weighted by atomic mass is 10.1. The van der Waals surface area contributed by atoms with E-state index in [0.29, 0.717) is 32.0 Å². The third-order valence-electron chi connectivity index (χ3n) is 4.68. The Morgan fingerprint density at radius 3 is 2.85 bits per heavy atom. The van der Waals surface area contributed by atoms with E-state index in [1.165, 1.54) is 0 Å². The van der Waals surface area contributed by atoms with Crippen molar-refractivity contribution in [1.82, 2.24) is 14.9 Å². The summed E-state index contributed by atoms with van der Waals surface area (Å²) >= 11 is 0. The summed E-state index contributed by atoms with van der Waals surface area (Å²) in [5, 5.41) is 12.3. The van der Waals surface area contributed by atoms with E-state index >= 15 is 0 Å². The molecule has 2 aromatic carbocycles. The van der Waals surface area contributed by atoms with Crippen LogP contribution in [0.5, 0.6) is 0 Å². The molecule has 2 heterocycles. The fourth-order valence-electron chi connectivity index (χ4n) is 3.18. The van der Waals surface area contributed by atoms with Crippen molar-refractivity contribution in [1.29, 1.82) is 0 Å². The Kier molecular flexibility index (Phi) is 5.04. The van der Waals surface area contributed by atoms with E-state index in [4.69, 9.17) is 4.74 Å². The number of amides is 2. The van der Waals surface area contributed by atoms with Crippen molar-refractivity contribution in [3.63, 3.8) is 0 Å². The first-order valence-electron chi connectivity index (χ1n) is 9.02. The van der Waals surface area contributed by atoms with Crippen LogP contribution in [0.3, 0.4) is 0 Å². The van der Waals surface area contributed by atoms with Gasteiger partial charge in [0.2, 0.25) is 0 Å². The minimum Gasteiger partial charge on any atom is -0.396 e. The standard InChI is InChI=1S/C20H22N4O3/c25-12-14-11-24(9-10-27-13-14)20(26)21-16-7-5-15(6-8-16)19-22-17-3-1-2-4-18(17)23-19/h1-8,14,25H,9-13H2,(H,21,26)(H,22,23). The van der Waals surface area contributed by atoms with Crippen LogP contribution in [0.2, 0.25) is 0 Å². The van der Waals surface area contributed by atoms with Gasteiger partial charge in [0.15, 0.2) is 0 Å². The number of hydrogen-bond donors (Lipinski definition) is 3. The first kappa shape index (κ1) is 17.5. The van der Waals surface area contributed by atoms with Crippen molar-refractivity contribution in [2.45, 2.75) is 0 Å². The van der Waals surface area contributed by atoms with Gasteiger partial charge in [0, 0.05) is 36.9 Å². The lowest BCUT2D eigenvalue weighted by Gasteiger charge is -2.23. The number of benzene rings is 2. The molecule has 3 N–H and O–H groups in total. The number of imidazole rings is 1. The van der Waals surface area contributed by atoms with E-state index in [0.717, 1.165) is 22.4 Å². The zero-order chi connectivity index (χ0) is 18.6. The first-order chi connectivity index (χ1) is 13.2. The molecule has 1 atom stereocenters. The largest absolute Gasteiger partial charge is 0.396 e. The summed E-state index contributed by atoms with van der Waals surface area (Å²) < 4.78 is 5.43. The maximum Gasteiger partial charge on any atom is 0.321 e. The summed E-state index contributed by atoms with van der Waals surface area (Å²) in [6.07, 6.45) is 0. The fourth-order valence-corrected chi connectivity index (χ4v) is 3.18. The maximum absolute atomic E-state index is 12.5. The second-order valence-electron chi connectivity index (χ2n) is 6.68. The normalized spacial score (nSPS) is 17.7. The number of rotatable bonds is 3.